The number of urea groups is 2. The number of rotatable bonds is 13. The van der Waals surface area contributed by atoms with Crippen LogP contribution < -0.4 is 40.2 Å². The first-order valence-electron chi connectivity index (χ1n) is 14.2. The Morgan fingerprint density at radius 2 is 0.935 bits per heavy atom. The highest BCUT2D eigenvalue weighted by atomic mass is 16.5. The molecule has 0 aromatic heterocycles. The van der Waals surface area contributed by atoms with Crippen LogP contribution in [0.5, 0.6) is 23.0 Å². The Balaban J connectivity index is 1.79. The fourth-order valence-electron chi connectivity index (χ4n) is 4.35. The molecule has 2 aromatic carbocycles. The number of hydrogen-bond acceptors (Lipinski definition) is 12. The number of nitrogens with one attached hydrogen (secondary N) is 4. The van der Waals surface area contributed by atoms with Gasteiger partial charge in [0, 0.05) is 35.7 Å². The van der Waals surface area contributed by atoms with Gasteiger partial charge in [0.05, 0.1) is 27.4 Å². The molecule has 242 valence electrons. The molecule has 4 N–H and O–H groups in total. The number of imide groups is 4. The van der Waals surface area contributed by atoms with Crippen molar-refractivity contribution in [2.24, 2.45) is 21.8 Å². The maximum atomic E-state index is 12.2. The van der Waals surface area contributed by atoms with E-state index in [4.69, 9.17) is 18.9 Å². The Morgan fingerprint density at radius 1 is 0.587 bits per heavy atom. The Labute approximate surface area is 262 Å². The van der Waals surface area contributed by atoms with Crippen LogP contribution in [0.2, 0.25) is 0 Å². The Hall–Kier alpha value is -5.80. The van der Waals surface area contributed by atoms with Gasteiger partial charge in [-0.3, -0.25) is 50.4 Å². The maximum absolute atomic E-state index is 12.2. The summed E-state index contributed by atoms with van der Waals surface area (Å²) in [6.45, 7) is 4.46. The number of aliphatic imine (C=N–C) groups is 2. The van der Waals surface area contributed by atoms with Gasteiger partial charge in [-0.05, 0) is 25.0 Å². The number of methoxy groups -OCH3 is 2. The molecule has 0 atom stereocenters. The lowest BCUT2D eigenvalue weighted by Gasteiger charge is -2.19. The number of carbonyl (C=O) groups is 6. The molecule has 8 amide bonds. The number of nitrogens with zero attached hydrogens (tertiary/aromatic N) is 2. The van der Waals surface area contributed by atoms with Gasteiger partial charge in [0.2, 0.25) is 23.6 Å². The zero-order valence-electron chi connectivity index (χ0n) is 25.4. The van der Waals surface area contributed by atoms with Crippen LogP contribution in [-0.2, 0) is 19.2 Å². The van der Waals surface area contributed by atoms with Gasteiger partial charge in [-0.2, -0.15) is 0 Å². The van der Waals surface area contributed by atoms with Crippen molar-refractivity contribution < 1.29 is 47.7 Å². The minimum absolute atomic E-state index is 0.247. The largest absolute Gasteiger partial charge is 0.496 e. The van der Waals surface area contributed by atoms with Crippen molar-refractivity contribution in [2.75, 3.05) is 27.4 Å². The van der Waals surface area contributed by atoms with Gasteiger partial charge in [-0.1, -0.05) is 13.8 Å². The van der Waals surface area contributed by atoms with Gasteiger partial charge < -0.3 is 18.9 Å². The molecule has 2 aromatic rings. The maximum Gasteiger partial charge on any atom is 0.328 e. The number of hydrogen-bond donors (Lipinski definition) is 4. The minimum Gasteiger partial charge on any atom is -0.496 e. The van der Waals surface area contributed by atoms with Crippen LogP contribution in [-0.4, -0.2) is 75.6 Å². The van der Waals surface area contributed by atoms with Crippen molar-refractivity contribution in [3.05, 3.63) is 24.3 Å². The van der Waals surface area contributed by atoms with Gasteiger partial charge >= 0.3 is 12.1 Å². The first-order valence-corrected chi connectivity index (χ1v) is 14.2. The molecule has 2 heterocycles. The molecule has 2 fully saturated rings. The summed E-state index contributed by atoms with van der Waals surface area (Å²) < 4.78 is 23.3. The third kappa shape index (κ3) is 7.46. The molecule has 2 aliphatic rings. The molecule has 0 aliphatic carbocycles. The zero-order valence-corrected chi connectivity index (χ0v) is 25.4. The highest BCUT2D eigenvalue weighted by Gasteiger charge is 2.34. The summed E-state index contributed by atoms with van der Waals surface area (Å²) >= 11 is 0. The summed E-state index contributed by atoms with van der Waals surface area (Å²) in [6.07, 6.45) is 3.54. The predicted octanol–water partition coefficient (Wildman–Crippen LogP) is 2.32. The lowest BCUT2D eigenvalue weighted by molar-refractivity contribution is -0.134. The smallest absolute Gasteiger partial charge is 0.328 e. The molecular formula is C30H32N6O10. The van der Waals surface area contributed by atoms with Gasteiger partial charge in [0.25, 0.3) is 0 Å². The van der Waals surface area contributed by atoms with E-state index in [0.717, 1.165) is 12.4 Å². The third-order valence-corrected chi connectivity index (χ3v) is 6.58. The lowest BCUT2D eigenvalue weighted by atomic mass is 10.0. The highest BCUT2D eigenvalue weighted by Crippen LogP contribution is 2.47. The topological polar surface area (TPSA) is 212 Å². The third-order valence-electron chi connectivity index (χ3n) is 6.58. The molecule has 2 aliphatic heterocycles. The fraction of sp³-hybridized carbons (Fsp3) is 0.333. The molecule has 4 rings (SSSR count). The van der Waals surface area contributed by atoms with Crippen molar-refractivity contribution in [1.82, 2.24) is 21.3 Å². The van der Waals surface area contributed by atoms with E-state index < -0.39 is 47.5 Å². The van der Waals surface area contributed by atoms with Crippen LogP contribution in [0.25, 0.3) is 11.1 Å². The molecule has 0 radical (unpaired) electrons. The summed E-state index contributed by atoms with van der Waals surface area (Å²) in [5, 5.41) is 8.09. The van der Waals surface area contributed by atoms with Crippen LogP contribution in [0.4, 0.5) is 21.0 Å². The average molecular weight is 637 g/mol. The van der Waals surface area contributed by atoms with Crippen LogP contribution in [0.15, 0.2) is 34.3 Å². The van der Waals surface area contributed by atoms with Crippen molar-refractivity contribution in [3.63, 3.8) is 0 Å². The summed E-state index contributed by atoms with van der Waals surface area (Å²) in [7, 11) is 2.88. The normalized spacial score (nSPS) is 15.9. The first kappa shape index (κ1) is 33.1. The van der Waals surface area contributed by atoms with Crippen LogP contribution in [0.3, 0.4) is 0 Å². The number of carbonyl (C=O) groups excluding carboxylic acids is 6. The van der Waals surface area contributed by atoms with Crippen molar-refractivity contribution >= 4 is 59.5 Å². The average Bonchev–Trinajstić information content (AvgIpc) is 3.01. The Bertz CT molecular complexity index is 1480. The summed E-state index contributed by atoms with van der Waals surface area (Å²) in [6, 6.07) is 4.60. The molecule has 0 unspecified atom stereocenters. The number of benzene rings is 2. The molecule has 16 heteroatoms. The van der Waals surface area contributed by atoms with Gasteiger partial charge in [0.1, 0.15) is 34.4 Å². The van der Waals surface area contributed by atoms with E-state index >= 15 is 0 Å². The van der Waals surface area contributed by atoms with E-state index in [2.05, 4.69) is 9.98 Å². The molecule has 0 spiro atoms. The number of ether oxygens (including phenoxy) is 4. The predicted molar refractivity (Wildman–Crippen MR) is 163 cm³/mol. The first-order chi connectivity index (χ1) is 22.1. The van der Waals surface area contributed by atoms with Gasteiger partial charge in [-0.25, -0.2) is 9.59 Å². The molecule has 16 nitrogen and oxygen atoms in total. The summed E-state index contributed by atoms with van der Waals surface area (Å²) in [5.41, 5.74) is 1.50. The number of amides is 8. The van der Waals surface area contributed by atoms with Crippen LogP contribution in [0, 0.1) is 11.8 Å². The van der Waals surface area contributed by atoms with Crippen LogP contribution in [0.1, 0.15) is 26.7 Å². The fourth-order valence-corrected chi connectivity index (χ4v) is 4.35. The van der Waals surface area contributed by atoms with Crippen molar-refractivity contribution in [2.45, 2.75) is 26.7 Å². The highest BCUT2D eigenvalue weighted by molar-refractivity contribution is 6.24. The van der Waals surface area contributed by atoms with Crippen molar-refractivity contribution in [3.8, 4) is 34.1 Å². The Kier molecular flexibility index (Phi) is 10.6. The van der Waals surface area contributed by atoms with E-state index in [0.29, 0.717) is 60.2 Å². The lowest BCUT2D eigenvalue weighted by Crippen LogP contribution is -2.56. The standard InChI is InChI=1S/C30H32N6O10/c1-5-7-45-23-9-15(21(43-3)11-19(23)31-13-17-25(37)33-29(41)34-26(17)38)16-10-24(46-8-6-2)20(12-22(16)44-4)32-14-18-27(39)35-30(42)36-28(18)40/h9-14,17-18H,5-8H2,1-4H3,(H2,33,34,37,38,41)(H2,35,36,39,40,42). The van der Waals surface area contributed by atoms with E-state index in [9.17, 15) is 28.8 Å². The Morgan fingerprint density at radius 3 is 1.24 bits per heavy atom. The minimum atomic E-state index is -1.35. The second-order valence-electron chi connectivity index (χ2n) is 9.86. The van der Waals surface area contributed by atoms with E-state index in [1.807, 2.05) is 35.1 Å². The monoisotopic (exact) mass is 636 g/mol. The number of barbiturate groups is 2. The second-order valence-corrected chi connectivity index (χ2v) is 9.86. The molecule has 2 saturated heterocycles. The quantitative estimate of drug-likeness (QED) is 0.186. The van der Waals surface area contributed by atoms with E-state index in [1.54, 1.807) is 24.3 Å². The van der Waals surface area contributed by atoms with Gasteiger partial charge in [-0.15, -0.1) is 0 Å². The zero-order chi connectivity index (χ0) is 33.4. The molecule has 0 saturated carbocycles. The molecule has 46 heavy (non-hydrogen) atoms. The van der Waals surface area contributed by atoms with E-state index in [1.165, 1.54) is 14.2 Å². The van der Waals surface area contributed by atoms with Crippen molar-refractivity contribution in [1.29, 1.82) is 0 Å². The van der Waals surface area contributed by atoms with Gasteiger partial charge in [0.15, 0.2) is 11.8 Å². The summed E-state index contributed by atoms with van der Waals surface area (Å²) in [5.74, 6) is -4.73. The molecule has 0 bridgehead atoms. The molecular weight excluding hydrogens is 604 g/mol. The van der Waals surface area contributed by atoms with Crippen LogP contribution >= 0.6 is 0 Å². The SMILES string of the molecule is CCCOc1cc(-c2cc(OCCC)c(N=CC3C(=O)NC(=O)NC3=O)cc2OC)c(OC)cc1N=CC1C(=O)NC(=O)NC1=O. The second kappa shape index (κ2) is 14.8. The summed E-state index contributed by atoms with van der Waals surface area (Å²) in [4.78, 5) is 80.3. The van der Waals surface area contributed by atoms with E-state index in [-0.39, 0.29) is 11.4 Å².